The number of hydrogen-bond donors (Lipinski definition) is 2. The molecule has 2 N–H and O–H groups in total. The molecular formula is C26H18KN4NaO8S2. The van der Waals surface area contributed by atoms with Crippen molar-refractivity contribution in [2.24, 2.45) is 20.5 Å². The first-order valence-electron chi connectivity index (χ1n) is 11.2. The summed E-state index contributed by atoms with van der Waals surface area (Å²) >= 11 is 0. The molecule has 0 radical (unpaired) electrons. The van der Waals surface area contributed by atoms with Crippen molar-refractivity contribution >= 4 is 55.1 Å². The fourth-order valence-electron chi connectivity index (χ4n) is 3.33. The second-order valence-corrected chi connectivity index (χ2v) is 10.8. The van der Waals surface area contributed by atoms with Crippen LogP contribution in [-0.4, -0.2) is 36.2 Å². The Hall–Kier alpha value is -2.12. The first kappa shape index (κ1) is 36.1. The van der Waals surface area contributed by atoms with E-state index in [2.05, 4.69) is 20.5 Å². The first-order valence-corrected chi connectivity index (χ1v) is 14.0. The Morgan fingerprint density at radius 3 is 1.12 bits per heavy atom. The number of hydrogen-bond acceptors (Lipinski definition) is 12. The SMILES string of the molecule is O=S(=O)([O-])c1cc(N=Nc2ccc(O)cc2)ccc1/C=C/c1ccc(N=Nc2ccc(O)cc2)cc1S(=O)(=O)[O-].[K+].[Na+]. The van der Waals surface area contributed by atoms with E-state index in [-0.39, 0.29) is 115 Å². The number of nitrogens with zero attached hydrogens (tertiary/aromatic N) is 4. The van der Waals surface area contributed by atoms with E-state index in [1.807, 2.05) is 0 Å². The number of azo groups is 2. The normalized spacial score (nSPS) is 12.0. The van der Waals surface area contributed by atoms with Gasteiger partial charge in [-0.1, -0.05) is 24.3 Å². The summed E-state index contributed by atoms with van der Waals surface area (Å²) in [5.74, 6) is 0.0479. The van der Waals surface area contributed by atoms with Gasteiger partial charge in [0.05, 0.1) is 32.5 Å². The standard InChI is InChI=1S/C26H20N4O8S2.K.Na/c31-23-11-7-19(8-12-23)27-29-21-5-3-17(25(15-21)39(33,34)35)1-2-18-4-6-22(16-26(18)40(36,37)38)30-28-20-9-13-24(32)14-10-20;;/h1-16,31-32H,(H,33,34,35)(H,36,37,38);;/q;2*+1/p-2/b2-1+,29-27?,30-28?;;. The molecule has 12 nitrogen and oxygen atoms in total. The van der Waals surface area contributed by atoms with Crippen molar-refractivity contribution in [3.8, 4) is 11.5 Å². The predicted molar refractivity (Wildman–Crippen MR) is 142 cm³/mol. The molecule has 204 valence electrons. The number of rotatable bonds is 8. The summed E-state index contributed by atoms with van der Waals surface area (Å²) in [5.41, 5.74) is 0.667. The zero-order valence-corrected chi connectivity index (χ0v) is 28.9. The summed E-state index contributed by atoms with van der Waals surface area (Å²) in [4.78, 5) is -1.28. The van der Waals surface area contributed by atoms with Crippen molar-refractivity contribution in [3.05, 3.63) is 96.1 Å². The van der Waals surface area contributed by atoms with Crippen LogP contribution in [-0.2, 0) is 20.2 Å². The smallest absolute Gasteiger partial charge is 0.744 e. The van der Waals surface area contributed by atoms with E-state index in [1.54, 1.807) is 0 Å². The van der Waals surface area contributed by atoms with Gasteiger partial charge in [-0.15, -0.1) is 0 Å². The van der Waals surface area contributed by atoms with Gasteiger partial charge in [-0.05, 0) is 83.9 Å². The van der Waals surface area contributed by atoms with Crippen molar-refractivity contribution in [2.45, 2.75) is 9.79 Å². The molecular weight excluding hydrogens is 623 g/mol. The van der Waals surface area contributed by atoms with E-state index in [1.165, 1.54) is 84.9 Å². The minimum atomic E-state index is -4.99. The molecule has 0 fully saturated rings. The van der Waals surface area contributed by atoms with E-state index in [0.29, 0.717) is 11.4 Å². The molecule has 0 heterocycles. The van der Waals surface area contributed by atoms with Crippen molar-refractivity contribution in [1.29, 1.82) is 0 Å². The number of aromatic hydroxyl groups is 2. The van der Waals surface area contributed by atoms with Crippen LogP contribution in [0.3, 0.4) is 0 Å². The van der Waals surface area contributed by atoms with Crippen molar-refractivity contribution in [2.75, 3.05) is 0 Å². The van der Waals surface area contributed by atoms with E-state index < -0.39 is 30.0 Å². The first-order chi connectivity index (χ1) is 18.9. The molecule has 0 bridgehead atoms. The number of phenols is 2. The minimum absolute atomic E-state index is 0. The van der Waals surface area contributed by atoms with E-state index in [4.69, 9.17) is 0 Å². The summed E-state index contributed by atoms with van der Waals surface area (Å²) in [6.07, 6.45) is 2.35. The van der Waals surface area contributed by atoms with Gasteiger partial charge >= 0.3 is 80.9 Å². The third-order valence-electron chi connectivity index (χ3n) is 5.24. The average molecular weight is 641 g/mol. The molecule has 0 aliphatic carbocycles. The molecule has 16 heteroatoms. The molecule has 42 heavy (non-hydrogen) atoms. The van der Waals surface area contributed by atoms with Gasteiger partial charge in [-0.25, -0.2) is 16.8 Å². The molecule has 0 atom stereocenters. The zero-order valence-electron chi connectivity index (χ0n) is 22.2. The van der Waals surface area contributed by atoms with Crippen LogP contribution in [0.25, 0.3) is 12.2 Å². The third-order valence-corrected chi connectivity index (χ3v) is 7.02. The number of phenolic OH excluding ortho intramolecular Hbond substituents is 2. The molecule has 0 aromatic heterocycles. The topological polar surface area (TPSA) is 204 Å². The fraction of sp³-hybridized carbons (Fsp3) is 0. The van der Waals surface area contributed by atoms with Gasteiger partial charge in [-0.3, -0.25) is 0 Å². The van der Waals surface area contributed by atoms with Crippen molar-refractivity contribution in [1.82, 2.24) is 0 Å². The molecule has 0 saturated heterocycles. The van der Waals surface area contributed by atoms with Gasteiger partial charge in [0, 0.05) is 0 Å². The van der Waals surface area contributed by atoms with Crippen molar-refractivity contribution < 1.29 is 117 Å². The maximum atomic E-state index is 11.9. The summed E-state index contributed by atoms with van der Waals surface area (Å²) in [6.45, 7) is 0. The van der Waals surface area contributed by atoms with Crippen molar-refractivity contribution in [3.63, 3.8) is 0 Å². The van der Waals surface area contributed by atoms with Crippen LogP contribution < -0.4 is 80.9 Å². The summed E-state index contributed by atoms with van der Waals surface area (Å²) in [7, 11) is -9.98. The molecule has 4 aromatic carbocycles. The van der Waals surface area contributed by atoms with Crippen LogP contribution in [0.15, 0.2) is 115 Å². The predicted octanol–water partition coefficient (Wildman–Crippen LogP) is -0.0848. The largest absolute Gasteiger partial charge is 1.00 e. The Labute approximate surface area is 306 Å². The van der Waals surface area contributed by atoms with Gasteiger partial charge in [-0.2, -0.15) is 20.5 Å². The van der Waals surface area contributed by atoms with E-state index in [9.17, 15) is 36.2 Å². The van der Waals surface area contributed by atoms with Crippen LogP contribution in [0, 0.1) is 0 Å². The van der Waals surface area contributed by atoms with Crippen LogP contribution in [0.2, 0.25) is 0 Å². The van der Waals surface area contributed by atoms with Crippen LogP contribution in [0.1, 0.15) is 11.1 Å². The molecule has 0 unspecified atom stereocenters. The molecule has 0 aliphatic heterocycles. The Morgan fingerprint density at radius 1 is 0.524 bits per heavy atom. The molecule has 0 spiro atoms. The Balaban J connectivity index is 0.00000308. The maximum Gasteiger partial charge on any atom is 1.00 e. The summed E-state index contributed by atoms with van der Waals surface area (Å²) in [5, 5.41) is 34.3. The Bertz CT molecular complexity index is 1730. The molecule has 4 aromatic rings. The van der Waals surface area contributed by atoms with E-state index >= 15 is 0 Å². The average Bonchev–Trinajstić information content (AvgIpc) is 2.90. The maximum absolute atomic E-state index is 11.9. The van der Waals surface area contributed by atoms with Crippen LogP contribution >= 0.6 is 0 Å². The van der Waals surface area contributed by atoms with Gasteiger partial charge in [0.25, 0.3) is 0 Å². The second kappa shape index (κ2) is 15.6. The fourth-order valence-corrected chi connectivity index (χ4v) is 4.71. The zero-order chi connectivity index (χ0) is 28.9. The van der Waals surface area contributed by atoms with Gasteiger partial charge < -0.3 is 19.3 Å². The third kappa shape index (κ3) is 10.3. The Morgan fingerprint density at radius 2 is 0.810 bits per heavy atom. The second-order valence-electron chi connectivity index (χ2n) is 8.12. The van der Waals surface area contributed by atoms with Gasteiger partial charge in [0.15, 0.2) is 0 Å². The molecule has 4 rings (SSSR count). The molecule has 0 aliphatic rings. The molecule has 0 amide bonds. The van der Waals surface area contributed by atoms with Crippen LogP contribution in [0.5, 0.6) is 11.5 Å². The minimum Gasteiger partial charge on any atom is -0.744 e. The Kier molecular flexibility index (Phi) is 13.4. The van der Waals surface area contributed by atoms with E-state index in [0.717, 1.165) is 12.1 Å². The van der Waals surface area contributed by atoms with Gasteiger partial charge in [0.2, 0.25) is 0 Å². The number of benzene rings is 4. The summed E-state index contributed by atoms with van der Waals surface area (Å²) in [6, 6.07) is 18.8. The monoisotopic (exact) mass is 640 g/mol. The molecule has 0 saturated carbocycles. The van der Waals surface area contributed by atoms with Crippen LogP contribution in [0.4, 0.5) is 22.7 Å². The van der Waals surface area contributed by atoms with Gasteiger partial charge in [0.1, 0.15) is 31.7 Å². The quantitative estimate of drug-likeness (QED) is 0.115. The summed E-state index contributed by atoms with van der Waals surface area (Å²) < 4.78 is 71.6.